The Kier molecular flexibility index (Phi) is 4.45. The number of anilines is 1. The highest BCUT2D eigenvalue weighted by Crippen LogP contribution is 2.23. The highest BCUT2D eigenvalue weighted by Gasteiger charge is 2.23. The van der Waals surface area contributed by atoms with Crippen molar-refractivity contribution in [3.05, 3.63) is 39.1 Å². The number of aryl methyl sites for hydroxylation is 2. The summed E-state index contributed by atoms with van der Waals surface area (Å²) in [7, 11) is 1.55. The zero-order chi connectivity index (χ0) is 17.3. The first kappa shape index (κ1) is 16.3. The number of ether oxygens (including phenoxy) is 1. The van der Waals surface area contributed by atoms with Crippen LogP contribution in [0.1, 0.15) is 21.8 Å². The van der Waals surface area contributed by atoms with E-state index in [9.17, 15) is 9.59 Å². The van der Waals surface area contributed by atoms with Gasteiger partial charge < -0.3 is 9.15 Å². The van der Waals surface area contributed by atoms with Gasteiger partial charge in [-0.15, -0.1) is 11.3 Å². The van der Waals surface area contributed by atoms with Gasteiger partial charge in [0.2, 0.25) is 5.71 Å². The zero-order valence-electron chi connectivity index (χ0n) is 13.5. The number of nitrogens with one attached hydrogen (secondary N) is 1. The van der Waals surface area contributed by atoms with Crippen LogP contribution in [0.2, 0.25) is 0 Å². The molecule has 3 aromatic rings. The molecule has 0 aliphatic rings. The molecular weight excluding hydrogens is 332 g/mol. The summed E-state index contributed by atoms with van der Waals surface area (Å²) in [6, 6.07) is 0. The lowest BCUT2D eigenvalue weighted by molar-refractivity contribution is 0.102. The highest BCUT2D eigenvalue weighted by molar-refractivity contribution is 7.13. The van der Waals surface area contributed by atoms with E-state index >= 15 is 0 Å². The number of hydrogen-bond acceptors (Lipinski definition) is 7. The van der Waals surface area contributed by atoms with E-state index in [1.807, 2.05) is 12.3 Å². The van der Waals surface area contributed by atoms with E-state index < -0.39 is 5.91 Å². The van der Waals surface area contributed by atoms with Crippen molar-refractivity contribution < 1.29 is 13.9 Å². The average molecular weight is 348 g/mol. The molecule has 126 valence electrons. The van der Waals surface area contributed by atoms with Gasteiger partial charge in [-0.2, -0.15) is 0 Å². The van der Waals surface area contributed by atoms with Crippen LogP contribution >= 0.6 is 11.3 Å². The van der Waals surface area contributed by atoms with Gasteiger partial charge >= 0.3 is 0 Å². The predicted octanol–water partition coefficient (Wildman–Crippen LogP) is 1.96. The molecule has 8 nitrogen and oxygen atoms in total. The Bertz CT molecular complexity index is 956. The molecule has 0 aliphatic heterocycles. The van der Waals surface area contributed by atoms with E-state index in [2.05, 4.69) is 15.3 Å². The second-order valence-corrected chi connectivity index (χ2v) is 6.06. The van der Waals surface area contributed by atoms with Gasteiger partial charge in [0.25, 0.3) is 11.5 Å². The van der Waals surface area contributed by atoms with Crippen molar-refractivity contribution >= 4 is 33.5 Å². The Morgan fingerprint density at radius 3 is 2.92 bits per heavy atom. The van der Waals surface area contributed by atoms with E-state index in [4.69, 9.17) is 9.15 Å². The molecule has 0 fully saturated rings. The molecule has 0 radical (unpaired) electrons. The Balaban J connectivity index is 2.04. The fourth-order valence-electron chi connectivity index (χ4n) is 2.33. The number of hydrogen-bond donors (Lipinski definition) is 1. The lowest BCUT2D eigenvalue weighted by Crippen LogP contribution is -2.24. The molecule has 1 N–H and O–H groups in total. The van der Waals surface area contributed by atoms with Crippen LogP contribution in [-0.2, 0) is 11.3 Å². The number of carbonyl (C=O) groups is 1. The summed E-state index contributed by atoms with van der Waals surface area (Å²) in [5.41, 5.74) is 0.802. The molecule has 3 rings (SSSR count). The van der Waals surface area contributed by atoms with Crippen LogP contribution in [0.15, 0.2) is 20.9 Å². The molecule has 1 amide bonds. The topological polar surface area (TPSA) is 99.2 Å². The van der Waals surface area contributed by atoms with Crippen LogP contribution in [0, 0.1) is 13.8 Å². The Morgan fingerprint density at radius 1 is 1.46 bits per heavy atom. The van der Waals surface area contributed by atoms with Crippen molar-refractivity contribution in [3.8, 4) is 0 Å². The van der Waals surface area contributed by atoms with Gasteiger partial charge in [-0.1, -0.05) is 0 Å². The second-order valence-electron chi connectivity index (χ2n) is 5.20. The third-order valence-corrected chi connectivity index (χ3v) is 4.33. The Morgan fingerprint density at radius 2 is 2.25 bits per heavy atom. The van der Waals surface area contributed by atoms with Crippen LogP contribution < -0.4 is 10.9 Å². The van der Waals surface area contributed by atoms with Crippen molar-refractivity contribution in [3.63, 3.8) is 0 Å². The van der Waals surface area contributed by atoms with Crippen LogP contribution in [0.4, 0.5) is 5.13 Å². The van der Waals surface area contributed by atoms with Gasteiger partial charge in [-0.05, 0) is 13.8 Å². The second kappa shape index (κ2) is 6.54. The smallest absolute Gasteiger partial charge is 0.265 e. The van der Waals surface area contributed by atoms with Crippen molar-refractivity contribution in [2.45, 2.75) is 20.4 Å². The molecule has 0 saturated heterocycles. The van der Waals surface area contributed by atoms with Gasteiger partial charge in [0.05, 0.1) is 24.4 Å². The first-order valence-electron chi connectivity index (χ1n) is 7.22. The molecule has 0 unspecified atom stereocenters. The van der Waals surface area contributed by atoms with Gasteiger partial charge in [-0.3, -0.25) is 19.5 Å². The summed E-state index contributed by atoms with van der Waals surface area (Å²) in [4.78, 5) is 33.5. The molecule has 0 aliphatic carbocycles. The quantitative estimate of drug-likeness (QED) is 0.757. The number of carbonyl (C=O) groups excluding carboxylic acids is 1. The summed E-state index contributed by atoms with van der Waals surface area (Å²) >= 11 is 1.32. The molecule has 9 heteroatoms. The predicted molar refractivity (Wildman–Crippen MR) is 89.7 cm³/mol. The van der Waals surface area contributed by atoms with E-state index in [1.165, 1.54) is 22.2 Å². The minimum atomic E-state index is -0.441. The minimum absolute atomic E-state index is 0.145. The van der Waals surface area contributed by atoms with Crippen LogP contribution in [0.3, 0.4) is 0 Å². The van der Waals surface area contributed by atoms with E-state index in [-0.39, 0.29) is 22.2 Å². The maximum atomic E-state index is 12.6. The van der Waals surface area contributed by atoms with Crippen molar-refractivity contribution in [1.29, 1.82) is 0 Å². The van der Waals surface area contributed by atoms with Gasteiger partial charge in [0.15, 0.2) is 5.13 Å². The lowest BCUT2D eigenvalue weighted by Gasteiger charge is -2.04. The van der Waals surface area contributed by atoms with Crippen LogP contribution in [0.5, 0.6) is 0 Å². The number of furan rings is 1. The highest BCUT2D eigenvalue weighted by atomic mass is 32.1. The zero-order valence-corrected chi connectivity index (χ0v) is 14.3. The third kappa shape index (κ3) is 2.95. The standard InChI is InChI=1S/C15H16N4O4S/c1-8-6-24-15(17-8)18-12(20)10-9(2)23-13-11(10)14(21)19(7-16-13)4-5-22-3/h6-7H,4-5H2,1-3H3,(H,17,18,20). The van der Waals surface area contributed by atoms with Crippen molar-refractivity contribution in [1.82, 2.24) is 14.5 Å². The number of amides is 1. The molecule has 0 atom stereocenters. The summed E-state index contributed by atoms with van der Waals surface area (Å²) < 4.78 is 11.8. The molecule has 0 bridgehead atoms. The summed E-state index contributed by atoms with van der Waals surface area (Å²) in [6.07, 6.45) is 1.39. The van der Waals surface area contributed by atoms with E-state index in [1.54, 1.807) is 14.0 Å². The number of rotatable bonds is 5. The minimum Gasteiger partial charge on any atom is -0.442 e. The summed E-state index contributed by atoms with van der Waals surface area (Å²) in [5.74, 6) is -0.103. The van der Waals surface area contributed by atoms with Crippen LogP contribution in [0.25, 0.3) is 11.1 Å². The molecule has 0 spiro atoms. The average Bonchev–Trinajstić information content (AvgIpc) is 3.09. The first-order chi connectivity index (χ1) is 11.5. The number of thiazole rings is 1. The molecule has 0 saturated carbocycles. The normalized spacial score (nSPS) is 11.1. The number of methoxy groups -OCH3 is 1. The summed E-state index contributed by atoms with van der Waals surface area (Å²) in [5, 5.41) is 5.16. The number of fused-ring (bicyclic) bond motifs is 1. The monoisotopic (exact) mass is 348 g/mol. The molecule has 3 heterocycles. The lowest BCUT2D eigenvalue weighted by atomic mass is 10.2. The van der Waals surface area contributed by atoms with Gasteiger partial charge in [0.1, 0.15) is 17.5 Å². The Hall–Kier alpha value is -2.52. The SMILES string of the molecule is COCCn1cnc2oc(C)c(C(=O)Nc3nc(C)cs3)c2c1=O. The van der Waals surface area contributed by atoms with E-state index in [0.717, 1.165) is 5.69 Å². The summed E-state index contributed by atoms with van der Waals surface area (Å²) in [6.45, 7) is 4.17. The largest absolute Gasteiger partial charge is 0.442 e. The van der Waals surface area contributed by atoms with Gasteiger partial charge in [0, 0.05) is 12.5 Å². The Labute approximate surface area is 141 Å². The van der Waals surface area contributed by atoms with Crippen LogP contribution in [-0.4, -0.2) is 34.2 Å². The maximum Gasteiger partial charge on any atom is 0.265 e. The fourth-order valence-corrected chi connectivity index (χ4v) is 3.01. The molecule has 24 heavy (non-hydrogen) atoms. The fraction of sp³-hybridized carbons (Fsp3) is 0.333. The molecular formula is C15H16N4O4S. The van der Waals surface area contributed by atoms with E-state index in [0.29, 0.717) is 24.0 Å². The first-order valence-corrected chi connectivity index (χ1v) is 8.10. The van der Waals surface area contributed by atoms with Crippen molar-refractivity contribution in [2.24, 2.45) is 0 Å². The molecule has 3 aromatic heterocycles. The third-order valence-electron chi connectivity index (χ3n) is 3.46. The van der Waals surface area contributed by atoms with Crippen molar-refractivity contribution in [2.75, 3.05) is 19.0 Å². The number of nitrogens with zero attached hydrogens (tertiary/aromatic N) is 3. The maximum absolute atomic E-state index is 12.6. The van der Waals surface area contributed by atoms with Gasteiger partial charge in [-0.25, -0.2) is 9.97 Å². The number of aromatic nitrogens is 3. The molecule has 0 aromatic carbocycles.